The summed E-state index contributed by atoms with van der Waals surface area (Å²) in [7, 11) is 0. The SMILES string of the molecule is O=C1/C(=C\c2cccn2C(=O)c2ccc(Cl)s2)c2ccccc2N1c1c(Cl)cccc1Cl. The molecule has 0 radical (unpaired) electrons. The van der Waals surface area contributed by atoms with E-state index in [-0.39, 0.29) is 11.8 Å². The van der Waals surface area contributed by atoms with E-state index >= 15 is 0 Å². The number of hydrogen-bond acceptors (Lipinski definition) is 3. The van der Waals surface area contributed by atoms with E-state index in [0.717, 1.165) is 5.56 Å². The third kappa shape index (κ3) is 3.48. The number of para-hydroxylation sites is 2. The Balaban J connectivity index is 1.63. The maximum atomic E-state index is 13.6. The molecule has 0 saturated carbocycles. The van der Waals surface area contributed by atoms with Gasteiger partial charge in [0.2, 0.25) is 0 Å². The number of nitrogens with zero attached hydrogens (tertiary/aromatic N) is 2. The molecule has 2 aromatic heterocycles. The van der Waals surface area contributed by atoms with Gasteiger partial charge in [0.25, 0.3) is 11.8 Å². The molecule has 5 rings (SSSR count). The van der Waals surface area contributed by atoms with Crippen LogP contribution in [0.25, 0.3) is 11.6 Å². The third-order valence-corrected chi connectivity index (χ3v) is 6.93. The zero-order valence-corrected chi connectivity index (χ0v) is 19.3. The predicted molar refractivity (Wildman–Crippen MR) is 131 cm³/mol. The van der Waals surface area contributed by atoms with Gasteiger partial charge in [-0.3, -0.25) is 19.1 Å². The second-order valence-corrected chi connectivity index (χ2v) is 9.53. The van der Waals surface area contributed by atoms with Crippen molar-refractivity contribution < 1.29 is 9.59 Å². The lowest BCUT2D eigenvalue weighted by molar-refractivity contribution is -0.112. The van der Waals surface area contributed by atoms with E-state index in [1.165, 1.54) is 20.8 Å². The molecule has 3 heterocycles. The lowest BCUT2D eigenvalue weighted by Gasteiger charge is -2.20. The first-order valence-electron chi connectivity index (χ1n) is 9.52. The van der Waals surface area contributed by atoms with Gasteiger partial charge in [-0.15, -0.1) is 11.3 Å². The molecule has 0 fully saturated rings. The van der Waals surface area contributed by atoms with Crippen molar-refractivity contribution in [3.8, 4) is 0 Å². The van der Waals surface area contributed by atoms with Crippen molar-refractivity contribution in [3.63, 3.8) is 0 Å². The van der Waals surface area contributed by atoms with Crippen LogP contribution in [-0.4, -0.2) is 16.4 Å². The lowest BCUT2D eigenvalue weighted by atomic mass is 10.1. The van der Waals surface area contributed by atoms with E-state index in [1.54, 1.807) is 54.7 Å². The Labute approximate surface area is 202 Å². The number of carbonyl (C=O) groups is 2. The Kier molecular flexibility index (Phi) is 5.43. The fourth-order valence-electron chi connectivity index (χ4n) is 3.70. The highest BCUT2D eigenvalue weighted by Gasteiger charge is 2.35. The number of carbonyl (C=O) groups excluding carboxylic acids is 2. The summed E-state index contributed by atoms with van der Waals surface area (Å²) < 4.78 is 2.03. The van der Waals surface area contributed by atoms with Crippen LogP contribution in [0.3, 0.4) is 0 Å². The molecule has 32 heavy (non-hydrogen) atoms. The van der Waals surface area contributed by atoms with Crippen LogP contribution in [0.15, 0.2) is 72.9 Å². The van der Waals surface area contributed by atoms with Crippen LogP contribution in [-0.2, 0) is 4.79 Å². The van der Waals surface area contributed by atoms with Crippen molar-refractivity contribution in [1.82, 2.24) is 4.57 Å². The lowest BCUT2D eigenvalue weighted by Crippen LogP contribution is -2.21. The number of aromatic nitrogens is 1. The van der Waals surface area contributed by atoms with Crippen molar-refractivity contribution >= 4 is 81.0 Å². The Morgan fingerprint density at radius 3 is 2.34 bits per heavy atom. The topological polar surface area (TPSA) is 42.3 Å². The summed E-state index contributed by atoms with van der Waals surface area (Å²) >= 11 is 20.0. The molecule has 2 aromatic carbocycles. The Bertz CT molecular complexity index is 1400. The molecule has 0 aliphatic carbocycles. The molecule has 4 aromatic rings. The molecule has 1 aliphatic heterocycles. The number of hydrogen-bond donors (Lipinski definition) is 0. The van der Waals surface area contributed by atoms with Crippen LogP contribution in [0.2, 0.25) is 14.4 Å². The summed E-state index contributed by atoms with van der Waals surface area (Å²) in [6, 6.07) is 19.4. The number of amides is 1. The molecule has 158 valence electrons. The molecule has 0 saturated heterocycles. The van der Waals surface area contributed by atoms with Gasteiger partial charge in [0.1, 0.15) is 0 Å². The van der Waals surface area contributed by atoms with Crippen LogP contribution in [0, 0.1) is 0 Å². The summed E-state index contributed by atoms with van der Waals surface area (Å²) in [5.41, 5.74) is 2.84. The monoisotopic (exact) mass is 498 g/mol. The molecule has 0 unspecified atom stereocenters. The highest BCUT2D eigenvalue weighted by atomic mass is 35.5. The smallest absolute Gasteiger partial charge is 0.272 e. The number of thiophene rings is 1. The van der Waals surface area contributed by atoms with Gasteiger partial charge >= 0.3 is 0 Å². The van der Waals surface area contributed by atoms with Gasteiger partial charge in [-0.1, -0.05) is 59.1 Å². The third-order valence-electron chi connectivity index (χ3n) is 5.11. The van der Waals surface area contributed by atoms with Crippen LogP contribution >= 0.6 is 46.1 Å². The molecule has 4 nitrogen and oxygen atoms in total. The molecule has 1 amide bonds. The summed E-state index contributed by atoms with van der Waals surface area (Å²) in [6.45, 7) is 0. The zero-order valence-electron chi connectivity index (χ0n) is 16.3. The van der Waals surface area contributed by atoms with Gasteiger partial charge < -0.3 is 0 Å². The highest BCUT2D eigenvalue weighted by molar-refractivity contribution is 7.18. The van der Waals surface area contributed by atoms with Gasteiger partial charge in [0.15, 0.2) is 0 Å². The first-order valence-corrected chi connectivity index (χ1v) is 11.5. The quantitative estimate of drug-likeness (QED) is 0.275. The van der Waals surface area contributed by atoms with E-state index in [1.807, 2.05) is 24.3 Å². The number of halogens is 3. The normalized spacial score (nSPS) is 14.3. The molecule has 8 heteroatoms. The highest BCUT2D eigenvalue weighted by Crippen LogP contribution is 2.46. The van der Waals surface area contributed by atoms with E-state index < -0.39 is 0 Å². The molecule has 0 atom stereocenters. The Morgan fingerprint density at radius 2 is 1.62 bits per heavy atom. The van der Waals surface area contributed by atoms with E-state index in [0.29, 0.717) is 41.9 Å². The second-order valence-electron chi connectivity index (χ2n) is 7.00. The predicted octanol–water partition coefficient (Wildman–Crippen LogP) is 7.42. The van der Waals surface area contributed by atoms with Crippen molar-refractivity contribution in [1.29, 1.82) is 0 Å². The van der Waals surface area contributed by atoms with Gasteiger partial charge in [-0.05, 0) is 48.5 Å². The van der Waals surface area contributed by atoms with Crippen LogP contribution in [0.1, 0.15) is 20.9 Å². The van der Waals surface area contributed by atoms with E-state index in [9.17, 15) is 9.59 Å². The number of fused-ring (bicyclic) bond motifs is 1. The molecule has 0 bridgehead atoms. The molecule has 1 aliphatic rings. The summed E-state index contributed by atoms with van der Waals surface area (Å²) in [4.78, 5) is 28.6. The maximum absolute atomic E-state index is 13.6. The molecule has 0 N–H and O–H groups in total. The summed E-state index contributed by atoms with van der Waals surface area (Å²) in [6.07, 6.45) is 3.37. The fraction of sp³-hybridized carbons (Fsp3) is 0. The van der Waals surface area contributed by atoms with Crippen LogP contribution in [0.4, 0.5) is 11.4 Å². The summed E-state index contributed by atoms with van der Waals surface area (Å²) in [5, 5.41) is 0.741. The van der Waals surface area contributed by atoms with E-state index in [4.69, 9.17) is 34.8 Å². The minimum atomic E-state index is -0.277. The van der Waals surface area contributed by atoms with Gasteiger partial charge in [0.05, 0.1) is 36.2 Å². The van der Waals surface area contributed by atoms with E-state index in [2.05, 4.69) is 0 Å². The van der Waals surface area contributed by atoms with Crippen molar-refractivity contribution in [2.75, 3.05) is 4.90 Å². The standard InChI is InChI=1S/C24H13Cl3N2O2S/c25-17-7-3-8-18(26)22(17)29-19-9-2-1-6-15(19)16(23(29)30)13-14-5-4-12-28(14)24(31)20-10-11-21(27)32-20/h1-13H/b16-13-. The van der Waals surface area contributed by atoms with Crippen LogP contribution < -0.4 is 4.90 Å². The molecular weight excluding hydrogens is 487 g/mol. The first kappa shape index (κ1) is 21.0. The largest absolute Gasteiger partial charge is 0.283 e. The Hall–Kier alpha value is -2.83. The minimum absolute atomic E-state index is 0.219. The molecule has 0 spiro atoms. The fourth-order valence-corrected chi connectivity index (χ4v) is 5.24. The average molecular weight is 500 g/mol. The summed E-state index contributed by atoms with van der Waals surface area (Å²) in [5.74, 6) is -0.496. The van der Waals surface area contributed by atoms with Gasteiger partial charge in [-0.2, -0.15) is 0 Å². The number of rotatable bonds is 3. The average Bonchev–Trinajstić information content (AvgIpc) is 3.48. The molecular formula is C24H13Cl3N2O2S. The maximum Gasteiger partial charge on any atom is 0.272 e. The van der Waals surface area contributed by atoms with Crippen molar-refractivity contribution in [2.24, 2.45) is 0 Å². The van der Waals surface area contributed by atoms with Gasteiger partial charge in [0, 0.05) is 17.5 Å². The van der Waals surface area contributed by atoms with Crippen LogP contribution in [0.5, 0.6) is 0 Å². The van der Waals surface area contributed by atoms with Crippen molar-refractivity contribution in [2.45, 2.75) is 0 Å². The number of benzene rings is 2. The Morgan fingerprint density at radius 1 is 0.875 bits per heavy atom. The number of anilines is 2. The first-order chi connectivity index (χ1) is 15.5. The zero-order chi connectivity index (χ0) is 22.4. The van der Waals surface area contributed by atoms with Crippen molar-refractivity contribution in [3.05, 3.63) is 103 Å². The minimum Gasteiger partial charge on any atom is -0.283 e. The second kappa shape index (κ2) is 8.26. The van der Waals surface area contributed by atoms with Gasteiger partial charge in [-0.25, -0.2) is 0 Å².